The molecule has 0 saturated heterocycles. The SMILES string of the molecule is Cc1cc([N+](=O)[O-])ccc1NC(=S)Nc1ccccc1Cl. The molecule has 0 amide bonds. The van der Waals surface area contributed by atoms with Crippen LogP contribution in [0.15, 0.2) is 42.5 Å². The highest BCUT2D eigenvalue weighted by molar-refractivity contribution is 7.80. The van der Waals surface area contributed by atoms with Crippen molar-refractivity contribution in [2.75, 3.05) is 10.6 Å². The number of benzene rings is 2. The molecule has 0 aliphatic carbocycles. The van der Waals surface area contributed by atoms with E-state index in [-0.39, 0.29) is 5.69 Å². The van der Waals surface area contributed by atoms with E-state index in [1.807, 2.05) is 12.1 Å². The molecule has 0 bridgehead atoms. The zero-order valence-corrected chi connectivity index (χ0v) is 12.7. The molecule has 2 rings (SSSR count). The molecule has 2 aromatic rings. The number of hydrogen-bond donors (Lipinski definition) is 2. The van der Waals surface area contributed by atoms with Crippen LogP contribution in [0.3, 0.4) is 0 Å². The number of para-hydroxylation sites is 1. The van der Waals surface area contributed by atoms with Crippen molar-refractivity contribution < 1.29 is 4.92 Å². The van der Waals surface area contributed by atoms with Gasteiger partial charge in [0, 0.05) is 17.8 Å². The number of rotatable bonds is 3. The number of nitrogens with zero attached hydrogens (tertiary/aromatic N) is 1. The van der Waals surface area contributed by atoms with Gasteiger partial charge in [0.05, 0.1) is 15.6 Å². The number of nitro benzene ring substituents is 1. The lowest BCUT2D eigenvalue weighted by Crippen LogP contribution is -2.19. The molecule has 108 valence electrons. The average Bonchev–Trinajstić information content (AvgIpc) is 2.43. The van der Waals surface area contributed by atoms with Crippen LogP contribution in [0.1, 0.15) is 5.56 Å². The zero-order chi connectivity index (χ0) is 15.4. The molecule has 0 saturated carbocycles. The summed E-state index contributed by atoms with van der Waals surface area (Å²) < 4.78 is 0. The van der Waals surface area contributed by atoms with Gasteiger partial charge in [-0.25, -0.2) is 0 Å². The van der Waals surface area contributed by atoms with Crippen molar-refractivity contribution in [2.45, 2.75) is 6.92 Å². The first-order chi connectivity index (χ1) is 9.97. The Hall–Kier alpha value is -2.18. The average molecular weight is 322 g/mol. The smallest absolute Gasteiger partial charge is 0.269 e. The number of nitro groups is 1. The van der Waals surface area contributed by atoms with Gasteiger partial charge < -0.3 is 10.6 Å². The molecule has 0 aliphatic heterocycles. The molecule has 2 aromatic carbocycles. The van der Waals surface area contributed by atoms with Crippen molar-refractivity contribution in [1.82, 2.24) is 0 Å². The van der Waals surface area contributed by atoms with Gasteiger partial charge >= 0.3 is 0 Å². The van der Waals surface area contributed by atoms with E-state index in [4.69, 9.17) is 23.8 Å². The van der Waals surface area contributed by atoms with E-state index in [1.54, 1.807) is 25.1 Å². The third-order valence-electron chi connectivity index (χ3n) is 2.79. The number of hydrogen-bond acceptors (Lipinski definition) is 3. The summed E-state index contributed by atoms with van der Waals surface area (Å²) >= 11 is 11.2. The Morgan fingerprint density at radius 3 is 2.48 bits per heavy atom. The first kappa shape index (κ1) is 15.2. The highest BCUT2D eigenvalue weighted by Gasteiger charge is 2.09. The van der Waals surface area contributed by atoms with Crippen LogP contribution < -0.4 is 10.6 Å². The fourth-order valence-electron chi connectivity index (χ4n) is 1.74. The quantitative estimate of drug-likeness (QED) is 0.499. The van der Waals surface area contributed by atoms with Crippen LogP contribution in [-0.2, 0) is 0 Å². The maximum absolute atomic E-state index is 10.7. The summed E-state index contributed by atoms with van der Waals surface area (Å²) in [5.41, 5.74) is 2.16. The van der Waals surface area contributed by atoms with Gasteiger partial charge in [-0.3, -0.25) is 10.1 Å². The first-order valence-electron chi connectivity index (χ1n) is 6.05. The van der Waals surface area contributed by atoms with Crippen LogP contribution in [0, 0.1) is 17.0 Å². The fraction of sp³-hybridized carbons (Fsp3) is 0.0714. The second-order valence-corrected chi connectivity index (χ2v) is 5.13. The molecule has 0 aromatic heterocycles. The molecule has 0 atom stereocenters. The van der Waals surface area contributed by atoms with Gasteiger partial charge in [0.25, 0.3) is 5.69 Å². The van der Waals surface area contributed by atoms with Crippen molar-refractivity contribution in [2.24, 2.45) is 0 Å². The normalized spacial score (nSPS) is 10.0. The summed E-state index contributed by atoms with van der Waals surface area (Å²) in [6.07, 6.45) is 0. The molecule has 0 unspecified atom stereocenters. The predicted molar refractivity (Wildman–Crippen MR) is 89.1 cm³/mol. The Balaban J connectivity index is 2.10. The highest BCUT2D eigenvalue weighted by atomic mass is 35.5. The topological polar surface area (TPSA) is 67.2 Å². The second-order valence-electron chi connectivity index (χ2n) is 4.32. The highest BCUT2D eigenvalue weighted by Crippen LogP contribution is 2.23. The summed E-state index contributed by atoms with van der Waals surface area (Å²) in [6.45, 7) is 1.77. The fourth-order valence-corrected chi connectivity index (χ4v) is 2.14. The third-order valence-corrected chi connectivity index (χ3v) is 3.32. The Morgan fingerprint density at radius 1 is 1.19 bits per heavy atom. The summed E-state index contributed by atoms with van der Waals surface area (Å²) in [4.78, 5) is 10.3. The van der Waals surface area contributed by atoms with E-state index in [1.165, 1.54) is 12.1 Å². The molecule has 2 N–H and O–H groups in total. The Kier molecular flexibility index (Phi) is 4.72. The lowest BCUT2D eigenvalue weighted by molar-refractivity contribution is -0.384. The summed E-state index contributed by atoms with van der Waals surface area (Å²) in [7, 11) is 0. The van der Waals surface area contributed by atoms with Crippen molar-refractivity contribution in [1.29, 1.82) is 0 Å². The summed E-state index contributed by atoms with van der Waals surface area (Å²) in [5, 5.41) is 17.6. The molecule has 0 heterocycles. The van der Waals surface area contributed by atoms with Crippen LogP contribution >= 0.6 is 23.8 Å². The predicted octanol–water partition coefficient (Wildman–Crippen LogP) is 4.37. The number of aryl methyl sites for hydroxylation is 1. The number of anilines is 2. The van der Waals surface area contributed by atoms with E-state index < -0.39 is 4.92 Å². The summed E-state index contributed by atoms with van der Waals surface area (Å²) in [5.74, 6) is 0. The maximum Gasteiger partial charge on any atom is 0.269 e. The molecule has 21 heavy (non-hydrogen) atoms. The Labute approximate surface area is 132 Å². The van der Waals surface area contributed by atoms with Gasteiger partial charge in [0.15, 0.2) is 5.11 Å². The molecule has 0 aliphatic rings. The largest absolute Gasteiger partial charge is 0.332 e. The van der Waals surface area contributed by atoms with Crippen LogP contribution in [0.5, 0.6) is 0 Å². The van der Waals surface area contributed by atoms with Crippen molar-refractivity contribution in [3.05, 3.63) is 63.2 Å². The van der Waals surface area contributed by atoms with Crippen LogP contribution in [0.2, 0.25) is 5.02 Å². The number of non-ortho nitro benzene ring substituents is 1. The van der Waals surface area contributed by atoms with Gasteiger partial charge in [0.1, 0.15) is 0 Å². The Bertz CT molecular complexity index is 706. The van der Waals surface area contributed by atoms with Gasteiger partial charge in [0.2, 0.25) is 0 Å². The van der Waals surface area contributed by atoms with E-state index in [9.17, 15) is 10.1 Å². The minimum Gasteiger partial charge on any atom is -0.332 e. The Morgan fingerprint density at radius 2 is 1.86 bits per heavy atom. The number of halogens is 1. The van der Waals surface area contributed by atoms with E-state index in [0.29, 0.717) is 21.5 Å². The maximum atomic E-state index is 10.7. The van der Waals surface area contributed by atoms with Crippen LogP contribution in [-0.4, -0.2) is 10.0 Å². The van der Waals surface area contributed by atoms with Gasteiger partial charge in [-0.2, -0.15) is 0 Å². The lowest BCUT2D eigenvalue weighted by atomic mass is 10.2. The number of nitrogens with one attached hydrogen (secondary N) is 2. The van der Waals surface area contributed by atoms with Crippen LogP contribution in [0.25, 0.3) is 0 Å². The molecule has 7 heteroatoms. The van der Waals surface area contributed by atoms with Gasteiger partial charge in [-0.1, -0.05) is 23.7 Å². The van der Waals surface area contributed by atoms with E-state index in [0.717, 1.165) is 5.56 Å². The molecule has 0 fully saturated rings. The monoisotopic (exact) mass is 321 g/mol. The molecular formula is C14H12ClN3O2S. The number of thiocarbonyl (C=S) groups is 1. The minimum absolute atomic E-state index is 0.0445. The van der Waals surface area contributed by atoms with Gasteiger partial charge in [-0.15, -0.1) is 0 Å². The van der Waals surface area contributed by atoms with E-state index >= 15 is 0 Å². The van der Waals surface area contributed by atoms with Crippen molar-refractivity contribution >= 4 is 46.0 Å². The molecular weight excluding hydrogens is 310 g/mol. The van der Waals surface area contributed by atoms with Crippen LogP contribution in [0.4, 0.5) is 17.1 Å². The minimum atomic E-state index is -0.433. The second kappa shape index (κ2) is 6.51. The molecule has 0 spiro atoms. The van der Waals surface area contributed by atoms with Crippen molar-refractivity contribution in [3.63, 3.8) is 0 Å². The zero-order valence-electron chi connectivity index (χ0n) is 11.1. The summed E-state index contributed by atoms with van der Waals surface area (Å²) in [6, 6.07) is 11.8. The van der Waals surface area contributed by atoms with E-state index in [2.05, 4.69) is 10.6 Å². The van der Waals surface area contributed by atoms with Gasteiger partial charge in [-0.05, 0) is 42.9 Å². The standard InChI is InChI=1S/C14H12ClN3O2S/c1-9-8-10(18(19)20)6-7-12(9)16-14(21)17-13-5-3-2-4-11(13)15/h2-8H,1H3,(H2,16,17,21). The molecule has 5 nitrogen and oxygen atoms in total. The molecule has 0 radical (unpaired) electrons. The third kappa shape index (κ3) is 3.90. The lowest BCUT2D eigenvalue weighted by Gasteiger charge is -2.13. The first-order valence-corrected chi connectivity index (χ1v) is 6.83. The van der Waals surface area contributed by atoms with Crippen molar-refractivity contribution in [3.8, 4) is 0 Å².